The van der Waals surface area contributed by atoms with Gasteiger partial charge in [-0.2, -0.15) is 9.91 Å². The Morgan fingerprint density at radius 2 is 1.97 bits per heavy atom. The molecule has 0 aliphatic carbocycles. The minimum absolute atomic E-state index is 0.0710. The van der Waals surface area contributed by atoms with Crippen LogP contribution in [-0.4, -0.2) is 55.4 Å². The van der Waals surface area contributed by atoms with E-state index in [2.05, 4.69) is 20.4 Å². The fourth-order valence-corrected chi connectivity index (χ4v) is 2.20. The van der Waals surface area contributed by atoms with Crippen molar-refractivity contribution in [3.05, 3.63) is 48.6 Å². The first-order chi connectivity index (χ1) is 13.9. The number of nitrogens with zero attached hydrogens (tertiary/aromatic N) is 7. The highest BCUT2D eigenvalue weighted by Crippen LogP contribution is 1.99. The number of pyridine rings is 1. The fraction of sp³-hybridized carbons (Fsp3) is 0.250. The van der Waals surface area contributed by atoms with Crippen molar-refractivity contribution in [1.29, 1.82) is 0 Å². The molecule has 0 aromatic carbocycles. The van der Waals surface area contributed by atoms with E-state index in [0.29, 0.717) is 5.49 Å². The maximum atomic E-state index is 11.4. The number of imidazole rings is 1. The summed E-state index contributed by atoms with van der Waals surface area (Å²) in [6, 6.07) is 3.94. The summed E-state index contributed by atoms with van der Waals surface area (Å²) in [6.07, 6.45) is 4.98. The van der Waals surface area contributed by atoms with Gasteiger partial charge in [-0.3, -0.25) is 4.79 Å². The lowest BCUT2D eigenvalue weighted by Gasteiger charge is -2.04. The van der Waals surface area contributed by atoms with Crippen molar-refractivity contribution in [3.8, 4) is 0 Å². The summed E-state index contributed by atoms with van der Waals surface area (Å²) < 4.78 is 3.60. The first-order valence-electron chi connectivity index (χ1n) is 8.22. The summed E-state index contributed by atoms with van der Waals surface area (Å²) in [5, 5.41) is 41.8. The van der Waals surface area contributed by atoms with Crippen LogP contribution in [0.2, 0.25) is 0 Å². The van der Waals surface area contributed by atoms with E-state index >= 15 is 0 Å². The summed E-state index contributed by atoms with van der Waals surface area (Å²) in [6.45, 7) is -0.0286. The molecule has 2 aromatic heterocycles. The van der Waals surface area contributed by atoms with Gasteiger partial charge in [0.2, 0.25) is 6.04 Å². The van der Waals surface area contributed by atoms with Crippen LogP contribution in [0.4, 0.5) is 4.79 Å². The molecule has 0 aliphatic rings. The van der Waals surface area contributed by atoms with Crippen molar-refractivity contribution >= 4 is 24.4 Å². The first kappa shape index (κ1) is 21.1. The smallest absolute Gasteiger partial charge is 0.481 e. The second-order valence-electron chi connectivity index (χ2n) is 5.57. The van der Waals surface area contributed by atoms with Crippen molar-refractivity contribution in [2.45, 2.75) is 19.0 Å². The van der Waals surface area contributed by atoms with Crippen LogP contribution in [0.15, 0.2) is 63.5 Å². The van der Waals surface area contributed by atoms with Gasteiger partial charge in [-0.05, 0) is 12.1 Å². The molecule has 2 aromatic rings. The van der Waals surface area contributed by atoms with Crippen LogP contribution < -0.4 is 10.1 Å². The van der Waals surface area contributed by atoms with E-state index in [-0.39, 0.29) is 19.5 Å². The van der Waals surface area contributed by atoms with Crippen LogP contribution in [-0.2, 0) is 16.1 Å². The molecule has 2 heterocycles. The summed E-state index contributed by atoms with van der Waals surface area (Å²) in [5.74, 6) is -2.14. The molecule has 29 heavy (non-hydrogen) atoms. The van der Waals surface area contributed by atoms with Gasteiger partial charge in [0.15, 0.2) is 11.8 Å². The molecule has 0 fully saturated rings. The number of aryl methyl sites for hydroxylation is 1. The van der Waals surface area contributed by atoms with E-state index in [1.165, 1.54) is 17.0 Å². The van der Waals surface area contributed by atoms with Crippen LogP contribution in [0.1, 0.15) is 12.5 Å². The Balaban J connectivity index is 2.02. The minimum atomic E-state index is -1.25. The lowest BCUT2D eigenvalue weighted by atomic mass is 10.3. The summed E-state index contributed by atoms with van der Waals surface area (Å²) in [7, 11) is 0. The molecular weight excluding hydrogens is 386 g/mol. The standard InChI is InChI=1S/C16H17N7O6/c24-14(25)4-6-21-5-2-1-3-13(21)20-19-10-18-17-9-12(15(26)27)22-7-8-23(11-22)16(28)29/h1-3,5,7-8,10-12H,4,6,9H2,(H2-,24,25,26,27,28,29)/p+1. The molecule has 152 valence electrons. The fourth-order valence-electron chi connectivity index (χ4n) is 2.20. The van der Waals surface area contributed by atoms with Gasteiger partial charge in [-0.1, -0.05) is 6.07 Å². The van der Waals surface area contributed by atoms with E-state index in [9.17, 15) is 19.5 Å². The average molecular weight is 404 g/mol. The third-order valence-corrected chi connectivity index (χ3v) is 3.61. The molecule has 0 saturated carbocycles. The zero-order valence-corrected chi connectivity index (χ0v) is 15.0. The van der Waals surface area contributed by atoms with E-state index in [1.54, 1.807) is 29.0 Å². The normalized spacial score (nSPS) is 13.2. The SMILES string of the molecule is O=C(O)CCn1ccccc1=NN=CN=NCC(C(=O)O)[n+]1ccn(C(=O)O)c1. The van der Waals surface area contributed by atoms with Gasteiger partial charge in [0, 0.05) is 12.7 Å². The van der Waals surface area contributed by atoms with Crippen molar-refractivity contribution in [1.82, 2.24) is 9.13 Å². The maximum absolute atomic E-state index is 11.4. The lowest BCUT2D eigenvalue weighted by molar-refractivity contribution is -0.707. The van der Waals surface area contributed by atoms with Gasteiger partial charge < -0.3 is 19.9 Å². The predicted molar refractivity (Wildman–Crippen MR) is 95.2 cm³/mol. The second kappa shape index (κ2) is 10.2. The van der Waals surface area contributed by atoms with Crippen LogP contribution >= 0.6 is 0 Å². The molecule has 1 atom stereocenters. The Kier molecular flexibility index (Phi) is 7.47. The third-order valence-electron chi connectivity index (χ3n) is 3.61. The molecule has 2 rings (SSSR count). The van der Waals surface area contributed by atoms with Crippen LogP contribution in [0.3, 0.4) is 0 Å². The first-order valence-corrected chi connectivity index (χ1v) is 8.22. The number of azo groups is 1. The van der Waals surface area contributed by atoms with Crippen molar-refractivity contribution in [2.75, 3.05) is 6.54 Å². The number of carboxylic acid groups (broad SMARTS) is 3. The molecule has 3 N–H and O–H groups in total. The Morgan fingerprint density at radius 1 is 1.17 bits per heavy atom. The number of hydrogen-bond acceptors (Lipinski definition) is 6. The number of rotatable bonds is 9. The monoisotopic (exact) mass is 404 g/mol. The van der Waals surface area contributed by atoms with Gasteiger partial charge in [0.25, 0.3) is 6.33 Å². The molecule has 0 radical (unpaired) electrons. The second-order valence-corrected chi connectivity index (χ2v) is 5.57. The van der Waals surface area contributed by atoms with Gasteiger partial charge in [-0.15, -0.1) is 19.9 Å². The van der Waals surface area contributed by atoms with Crippen molar-refractivity contribution < 1.29 is 34.3 Å². The van der Waals surface area contributed by atoms with E-state index in [1.807, 2.05) is 0 Å². The lowest BCUT2D eigenvalue weighted by Crippen LogP contribution is -2.44. The highest BCUT2D eigenvalue weighted by atomic mass is 16.4. The zero-order valence-electron chi connectivity index (χ0n) is 15.0. The summed E-state index contributed by atoms with van der Waals surface area (Å²) in [5.41, 5.74) is 0.411. The number of aliphatic carboxylic acids is 2. The number of carbonyl (C=O) groups is 3. The number of aromatic nitrogens is 3. The minimum Gasteiger partial charge on any atom is -0.481 e. The highest BCUT2D eigenvalue weighted by Gasteiger charge is 2.25. The van der Waals surface area contributed by atoms with Crippen LogP contribution in [0, 0.1) is 0 Å². The topological polar surface area (TPSA) is 175 Å². The Bertz CT molecular complexity index is 1010. The molecule has 0 saturated heterocycles. The number of carboxylic acids is 2. The van der Waals surface area contributed by atoms with E-state index in [0.717, 1.165) is 17.2 Å². The molecule has 1 unspecified atom stereocenters. The largest absolute Gasteiger partial charge is 0.509 e. The van der Waals surface area contributed by atoms with Gasteiger partial charge in [0.1, 0.15) is 18.9 Å². The van der Waals surface area contributed by atoms with Crippen LogP contribution in [0.5, 0.6) is 0 Å². The van der Waals surface area contributed by atoms with E-state index in [4.69, 9.17) is 10.2 Å². The Morgan fingerprint density at radius 3 is 2.62 bits per heavy atom. The average Bonchev–Trinajstić information content (AvgIpc) is 3.16. The quantitative estimate of drug-likeness (QED) is 0.177. The Hall–Kier alpha value is -4.16. The van der Waals surface area contributed by atoms with Gasteiger partial charge in [0.05, 0.1) is 6.42 Å². The molecule has 0 amide bonds. The van der Waals surface area contributed by atoms with Crippen LogP contribution in [0.25, 0.3) is 0 Å². The molecule has 13 nitrogen and oxygen atoms in total. The highest BCUT2D eigenvalue weighted by molar-refractivity contribution is 5.70. The van der Waals surface area contributed by atoms with Gasteiger partial charge >= 0.3 is 18.0 Å². The van der Waals surface area contributed by atoms with Crippen molar-refractivity contribution in [3.63, 3.8) is 0 Å². The zero-order chi connectivity index (χ0) is 21.2. The predicted octanol–water partition coefficient (Wildman–Crippen LogP) is 0.200. The summed E-state index contributed by atoms with van der Waals surface area (Å²) >= 11 is 0. The molecule has 0 spiro atoms. The molecule has 0 bridgehead atoms. The molecule has 13 heteroatoms. The van der Waals surface area contributed by atoms with Crippen molar-refractivity contribution in [2.24, 2.45) is 20.4 Å². The molecular formula is C16H18N7O6+. The maximum Gasteiger partial charge on any atom is 0.509 e. The third kappa shape index (κ3) is 6.50. The Labute approximate surface area is 163 Å². The van der Waals surface area contributed by atoms with E-state index < -0.39 is 24.1 Å². The molecule has 0 aliphatic heterocycles. The summed E-state index contributed by atoms with van der Waals surface area (Å²) in [4.78, 5) is 32.9. The number of hydrogen-bond donors (Lipinski definition) is 3. The van der Waals surface area contributed by atoms with Gasteiger partial charge in [-0.25, -0.2) is 9.36 Å².